The number of carbonyl (C=O) groups is 3. The number of amides is 2. The molecule has 206 valence electrons. The van der Waals surface area contributed by atoms with Crippen molar-refractivity contribution in [3.63, 3.8) is 0 Å². The van der Waals surface area contributed by atoms with Gasteiger partial charge in [-0.15, -0.1) is 5.10 Å². The zero-order valence-electron chi connectivity index (χ0n) is 21.8. The van der Waals surface area contributed by atoms with Crippen LogP contribution in [0.4, 0.5) is 0 Å². The predicted octanol–water partition coefficient (Wildman–Crippen LogP) is 2.46. The highest BCUT2D eigenvalue weighted by Crippen LogP contribution is 2.47. The zero-order valence-corrected chi connectivity index (χ0v) is 23.4. The van der Waals surface area contributed by atoms with Crippen LogP contribution in [0.25, 0.3) is 0 Å². The normalized spacial score (nSPS) is 18.2. The Bertz CT molecular complexity index is 1470. The van der Waals surface area contributed by atoms with Crippen LogP contribution in [0.2, 0.25) is 0 Å². The van der Waals surface area contributed by atoms with E-state index in [2.05, 4.69) is 27.4 Å². The number of esters is 1. The van der Waals surface area contributed by atoms with Gasteiger partial charge in [0.1, 0.15) is 29.5 Å². The van der Waals surface area contributed by atoms with Gasteiger partial charge < -0.3 is 14.8 Å². The standard InChI is InChI=1S/C27H26N6O5S2/c1-16-20(15-39-27-29-30-31-32(27)2)23(26(36)38-14-18-9-11-19(37-3)12-10-18)33-24(35)22(25(33)40-16)28-21(34)13-17-7-5-4-6-8-17/h4-12,22,25H,1,13-15H2,2-3H3,(H,28,34). The predicted molar refractivity (Wildman–Crippen MR) is 149 cm³/mol. The molecule has 0 aliphatic carbocycles. The van der Waals surface area contributed by atoms with E-state index in [0.717, 1.165) is 11.1 Å². The number of β-lactam (4-membered cyclic amide) rings is 1. The minimum absolute atomic E-state index is 0.00349. The monoisotopic (exact) mass is 578 g/mol. The van der Waals surface area contributed by atoms with Crippen molar-refractivity contribution in [2.45, 2.75) is 29.6 Å². The number of benzene rings is 2. The molecule has 2 amide bonds. The van der Waals surface area contributed by atoms with E-state index in [4.69, 9.17) is 9.47 Å². The summed E-state index contributed by atoms with van der Waals surface area (Å²) < 4.78 is 12.3. The van der Waals surface area contributed by atoms with Gasteiger partial charge in [-0.05, 0) is 33.7 Å². The Balaban J connectivity index is 1.35. The van der Waals surface area contributed by atoms with Gasteiger partial charge in [0, 0.05) is 23.3 Å². The van der Waals surface area contributed by atoms with Crippen molar-refractivity contribution in [3.8, 4) is 5.75 Å². The van der Waals surface area contributed by atoms with Crippen molar-refractivity contribution >= 4 is 41.3 Å². The number of tetrazole rings is 1. The first kappa shape index (κ1) is 27.5. The molecule has 2 aliphatic rings. The summed E-state index contributed by atoms with van der Waals surface area (Å²) >= 11 is 2.64. The van der Waals surface area contributed by atoms with Gasteiger partial charge in [0.05, 0.1) is 13.5 Å². The van der Waals surface area contributed by atoms with Crippen molar-refractivity contribution in [1.29, 1.82) is 0 Å². The highest BCUT2D eigenvalue weighted by molar-refractivity contribution is 8.04. The van der Waals surface area contributed by atoms with Crippen molar-refractivity contribution in [3.05, 3.63) is 88.5 Å². The maximum absolute atomic E-state index is 13.5. The second-order valence-electron chi connectivity index (χ2n) is 8.97. The van der Waals surface area contributed by atoms with Crippen molar-refractivity contribution in [1.82, 2.24) is 30.4 Å². The maximum Gasteiger partial charge on any atom is 0.355 e. The van der Waals surface area contributed by atoms with Gasteiger partial charge in [0.15, 0.2) is 0 Å². The van der Waals surface area contributed by atoms with Gasteiger partial charge in [-0.25, -0.2) is 9.48 Å². The number of allylic oxidation sites excluding steroid dienone is 1. The van der Waals surface area contributed by atoms with E-state index in [1.807, 2.05) is 30.3 Å². The third-order valence-corrected chi connectivity index (χ3v) is 8.64. The molecule has 1 N–H and O–H groups in total. The van der Waals surface area contributed by atoms with E-state index in [0.29, 0.717) is 21.4 Å². The van der Waals surface area contributed by atoms with Gasteiger partial charge in [0.2, 0.25) is 11.1 Å². The molecule has 40 heavy (non-hydrogen) atoms. The molecule has 13 heteroatoms. The van der Waals surface area contributed by atoms with E-state index in [1.165, 1.54) is 33.1 Å². The summed E-state index contributed by atoms with van der Waals surface area (Å²) in [6.45, 7) is 4.18. The minimum atomic E-state index is -0.792. The number of nitrogens with one attached hydrogen (secondary N) is 1. The van der Waals surface area contributed by atoms with Crippen LogP contribution in [-0.2, 0) is 39.2 Å². The molecule has 5 rings (SSSR count). The first-order chi connectivity index (χ1) is 19.4. The number of ether oxygens (including phenoxy) is 2. The summed E-state index contributed by atoms with van der Waals surface area (Å²) in [6.07, 6.45) is 0.142. The first-order valence-corrected chi connectivity index (χ1v) is 14.1. The molecule has 11 nitrogen and oxygen atoms in total. The molecule has 0 saturated carbocycles. The Morgan fingerprint density at radius 1 is 1.12 bits per heavy atom. The number of hydrogen-bond donors (Lipinski definition) is 1. The molecule has 2 aromatic carbocycles. The van der Waals surface area contributed by atoms with Crippen molar-refractivity contribution in [2.75, 3.05) is 12.9 Å². The fraction of sp³-hybridized carbons (Fsp3) is 0.259. The van der Waals surface area contributed by atoms with Crippen LogP contribution in [0, 0.1) is 0 Å². The van der Waals surface area contributed by atoms with Crippen LogP contribution in [0.15, 0.2) is 82.5 Å². The molecular weight excluding hydrogens is 552 g/mol. The molecule has 0 spiro atoms. The number of hydrogen-bond acceptors (Lipinski definition) is 10. The number of nitrogens with zero attached hydrogens (tertiary/aromatic N) is 5. The van der Waals surface area contributed by atoms with Gasteiger partial charge in [-0.2, -0.15) is 0 Å². The quantitative estimate of drug-likeness (QED) is 0.218. The first-order valence-electron chi connectivity index (χ1n) is 12.3. The SMILES string of the molecule is C=C1SC2C(NC(=O)Cc3ccccc3)C(=O)N2C(C(=O)OCc2ccc(OC)cc2)=C1CSc1nnnn1C. The van der Waals surface area contributed by atoms with Crippen LogP contribution < -0.4 is 10.1 Å². The van der Waals surface area contributed by atoms with E-state index >= 15 is 0 Å². The maximum atomic E-state index is 13.5. The van der Waals surface area contributed by atoms with Crippen LogP contribution in [0.5, 0.6) is 5.75 Å². The molecule has 2 atom stereocenters. The Labute approximate surface area is 239 Å². The lowest BCUT2D eigenvalue weighted by molar-refractivity contribution is -0.153. The largest absolute Gasteiger partial charge is 0.497 e. The Kier molecular flexibility index (Phi) is 8.21. The summed E-state index contributed by atoms with van der Waals surface area (Å²) in [6, 6.07) is 15.6. The number of aromatic nitrogens is 4. The van der Waals surface area contributed by atoms with Gasteiger partial charge >= 0.3 is 5.97 Å². The summed E-state index contributed by atoms with van der Waals surface area (Å²) in [7, 11) is 3.28. The third kappa shape index (κ3) is 5.75. The zero-order chi connectivity index (χ0) is 28.2. The highest BCUT2D eigenvalue weighted by atomic mass is 32.2. The van der Waals surface area contributed by atoms with E-state index in [1.54, 1.807) is 38.4 Å². The molecule has 0 radical (unpaired) electrons. The number of aryl methyl sites for hydroxylation is 1. The molecule has 2 unspecified atom stereocenters. The number of rotatable bonds is 10. The van der Waals surface area contributed by atoms with E-state index in [9.17, 15) is 14.4 Å². The summed E-state index contributed by atoms with van der Waals surface area (Å²) in [5.74, 6) is -0.347. The van der Waals surface area contributed by atoms with Crippen LogP contribution in [0.1, 0.15) is 11.1 Å². The van der Waals surface area contributed by atoms with Crippen molar-refractivity contribution < 1.29 is 23.9 Å². The molecule has 3 aromatic rings. The summed E-state index contributed by atoms with van der Waals surface area (Å²) in [5, 5.41) is 14.3. The number of carbonyl (C=O) groups excluding carboxylic acids is 3. The Morgan fingerprint density at radius 2 is 1.88 bits per heavy atom. The molecule has 2 aliphatic heterocycles. The molecule has 1 saturated heterocycles. The van der Waals surface area contributed by atoms with Crippen LogP contribution >= 0.6 is 23.5 Å². The lowest BCUT2D eigenvalue weighted by atomic mass is 10.0. The van der Waals surface area contributed by atoms with Gasteiger partial charge in [-0.3, -0.25) is 14.5 Å². The smallest absolute Gasteiger partial charge is 0.355 e. The fourth-order valence-electron chi connectivity index (χ4n) is 4.25. The Morgan fingerprint density at radius 3 is 2.55 bits per heavy atom. The average Bonchev–Trinajstić information content (AvgIpc) is 3.38. The lowest BCUT2D eigenvalue weighted by Gasteiger charge is -2.50. The van der Waals surface area contributed by atoms with E-state index in [-0.39, 0.29) is 36.3 Å². The number of thioether (sulfide) groups is 2. The molecule has 1 fully saturated rings. The van der Waals surface area contributed by atoms with Crippen molar-refractivity contribution in [2.24, 2.45) is 7.05 Å². The topological polar surface area (TPSA) is 129 Å². The number of fused-ring (bicyclic) bond motifs is 1. The van der Waals surface area contributed by atoms with Gasteiger partial charge in [0.25, 0.3) is 5.91 Å². The molecule has 1 aromatic heterocycles. The third-order valence-electron chi connectivity index (χ3n) is 6.34. The molecule has 3 heterocycles. The van der Waals surface area contributed by atoms with Gasteiger partial charge in [-0.1, -0.05) is 72.6 Å². The van der Waals surface area contributed by atoms with Crippen LogP contribution in [0.3, 0.4) is 0 Å². The fourth-order valence-corrected chi connectivity index (χ4v) is 6.48. The second-order valence-corrected chi connectivity index (χ2v) is 11.1. The highest BCUT2D eigenvalue weighted by Gasteiger charge is 2.55. The number of methoxy groups -OCH3 is 1. The Hall–Kier alpha value is -4.10. The molecular formula is C27H26N6O5S2. The summed E-state index contributed by atoms with van der Waals surface area (Å²) in [5.41, 5.74) is 2.27. The summed E-state index contributed by atoms with van der Waals surface area (Å²) in [4.78, 5) is 41.6. The van der Waals surface area contributed by atoms with E-state index < -0.39 is 17.4 Å². The second kappa shape index (κ2) is 12.0. The van der Waals surface area contributed by atoms with Crippen LogP contribution in [-0.4, -0.2) is 67.2 Å². The minimum Gasteiger partial charge on any atom is -0.497 e. The lowest BCUT2D eigenvalue weighted by Crippen LogP contribution is -2.70. The average molecular weight is 579 g/mol. The molecule has 0 bridgehead atoms.